The lowest BCUT2D eigenvalue weighted by molar-refractivity contribution is 1.17. The zero-order valence-corrected chi connectivity index (χ0v) is 38.2. The summed E-state index contributed by atoms with van der Waals surface area (Å²) in [5.41, 5.74) is 18.6. The maximum absolute atomic E-state index is 2.38. The molecule has 0 radical (unpaired) electrons. The van der Waals surface area contributed by atoms with Crippen molar-refractivity contribution in [3.05, 3.63) is 267 Å². The van der Waals surface area contributed by atoms with Crippen molar-refractivity contribution in [2.75, 3.05) is 4.90 Å². The molecule has 0 aliphatic rings. The monoisotopic (exact) mass is 892 g/mol. The quantitative estimate of drug-likeness (QED) is 0.149. The lowest BCUT2D eigenvalue weighted by atomic mass is 10.0. The van der Waals surface area contributed by atoms with Gasteiger partial charge in [0.1, 0.15) is 0 Å². The van der Waals surface area contributed by atoms with Crippen LogP contribution in [-0.2, 0) is 0 Å². The van der Waals surface area contributed by atoms with Crippen molar-refractivity contribution in [3.8, 4) is 39.3 Å². The Hall–Kier alpha value is -9.38. The van der Waals surface area contributed by atoms with Gasteiger partial charge in [0.15, 0.2) is 0 Å². The molecular formula is C66H44N4. The van der Waals surface area contributed by atoms with Crippen LogP contribution in [0.5, 0.6) is 0 Å². The van der Waals surface area contributed by atoms with E-state index in [9.17, 15) is 0 Å². The van der Waals surface area contributed by atoms with Gasteiger partial charge in [-0.1, -0.05) is 146 Å². The lowest BCUT2D eigenvalue weighted by Crippen LogP contribution is -2.10. The van der Waals surface area contributed by atoms with E-state index in [1.807, 2.05) is 0 Å². The fraction of sp³-hybridized carbons (Fsp3) is 0. The number of hydrogen-bond donors (Lipinski definition) is 0. The molecule has 14 rings (SSSR count). The maximum atomic E-state index is 2.38. The number of rotatable bonds is 8. The zero-order valence-electron chi connectivity index (χ0n) is 38.2. The first-order valence-corrected chi connectivity index (χ1v) is 24.0. The molecule has 70 heavy (non-hydrogen) atoms. The fourth-order valence-electron chi connectivity index (χ4n) is 11.0. The minimum absolute atomic E-state index is 1.08. The Bertz CT molecular complexity index is 4000. The summed E-state index contributed by atoms with van der Waals surface area (Å²) in [4.78, 5) is 2.37. The highest BCUT2D eigenvalue weighted by Crippen LogP contribution is 2.41. The Morgan fingerprint density at radius 1 is 0.200 bits per heavy atom. The highest BCUT2D eigenvalue weighted by Gasteiger charge is 2.19. The molecule has 0 N–H and O–H groups in total. The molecule has 0 saturated heterocycles. The van der Waals surface area contributed by atoms with Gasteiger partial charge in [0, 0.05) is 66.4 Å². The Balaban J connectivity index is 0.860. The molecule has 0 aliphatic carbocycles. The van der Waals surface area contributed by atoms with Gasteiger partial charge in [-0.25, -0.2) is 0 Å². The van der Waals surface area contributed by atoms with Gasteiger partial charge in [-0.3, -0.25) is 0 Å². The Morgan fingerprint density at radius 3 is 0.843 bits per heavy atom. The molecule has 11 aromatic carbocycles. The van der Waals surface area contributed by atoms with Crippen LogP contribution in [0.4, 0.5) is 17.1 Å². The van der Waals surface area contributed by atoms with Crippen LogP contribution in [0, 0.1) is 0 Å². The number of benzene rings is 11. The maximum Gasteiger partial charge on any atom is 0.0541 e. The highest BCUT2D eigenvalue weighted by molar-refractivity contribution is 6.12. The van der Waals surface area contributed by atoms with Crippen molar-refractivity contribution >= 4 is 82.5 Å². The molecule has 0 atom stereocenters. The van der Waals surface area contributed by atoms with E-state index in [0.717, 1.165) is 34.1 Å². The van der Waals surface area contributed by atoms with Crippen molar-refractivity contribution in [1.82, 2.24) is 13.7 Å². The molecule has 328 valence electrons. The van der Waals surface area contributed by atoms with Crippen LogP contribution in [-0.4, -0.2) is 13.7 Å². The average Bonchev–Trinajstić information content (AvgIpc) is 4.07. The predicted molar refractivity (Wildman–Crippen MR) is 295 cm³/mol. The molecule has 0 spiro atoms. The second-order valence-electron chi connectivity index (χ2n) is 18.2. The molecule has 0 amide bonds. The van der Waals surface area contributed by atoms with Crippen LogP contribution in [0.15, 0.2) is 267 Å². The summed E-state index contributed by atoms with van der Waals surface area (Å²) < 4.78 is 7.12. The van der Waals surface area contributed by atoms with Crippen molar-refractivity contribution in [2.24, 2.45) is 0 Å². The third-order valence-electron chi connectivity index (χ3n) is 14.2. The van der Waals surface area contributed by atoms with Gasteiger partial charge in [-0.15, -0.1) is 0 Å². The Labute approximate surface area is 405 Å². The summed E-state index contributed by atoms with van der Waals surface area (Å²) >= 11 is 0. The molecule has 0 bridgehead atoms. The minimum Gasteiger partial charge on any atom is -0.311 e. The summed E-state index contributed by atoms with van der Waals surface area (Å²) in [6.45, 7) is 0. The molecule has 0 saturated carbocycles. The van der Waals surface area contributed by atoms with Crippen molar-refractivity contribution in [1.29, 1.82) is 0 Å². The van der Waals surface area contributed by atoms with Crippen LogP contribution in [0.25, 0.3) is 105 Å². The Morgan fingerprint density at radius 2 is 0.471 bits per heavy atom. The molecule has 3 heterocycles. The SMILES string of the molecule is c1ccc(-n2c3ccccc3c3cc(-c4ccc(N(c5ccc(-c6ccc7c(c6)c6ccccc6n7-c6ccccc6)cc5)c5ccc(-n6c7ccccc7c7ccccc76)cc5)cc4)ccc32)cc1. The third-order valence-corrected chi connectivity index (χ3v) is 14.2. The molecule has 14 aromatic rings. The highest BCUT2D eigenvalue weighted by atomic mass is 15.1. The van der Waals surface area contributed by atoms with E-state index in [2.05, 4.69) is 286 Å². The number of para-hydroxylation sites is 6. The summed E-state index contributed by atoms with van der Waals surface area (Å²) in [6, 6.07) is 97.1. The molecule has 4 nitrogen and oxygen atoms in total. The van der Waals surface area contributed by atoms with Crippen LogP contribution < -0.4 is 4.90 Å². The van der Waals surface area contributed by atoms with Crippen LogP contribution in [0.2, 0.25) is 0 Å². The molecule has 3 aromatic heterocycles. The molecular weight excluding hydrogens is 849 g/mol. The number of anilines is 3. The first kappa shape index (κ1) is 39.8. The van der Waals surface area contributed by atoms with Crippen LogP contribution in [0.3, 0.4) is 0 Å². The average molecular weight is 893 g/mol. The van der Waals surface area contributed by atoms with E-state index in [1.54, 1.807) is 0 Å². The first-order valence-electron chi connectivity index (χ1n) is 24.0. The number of nitrogens with zero attached hydrogens (tertiary/aromatic N) is 4. The van der Waals surface area contributed by atoms with E-state index >= 15 is 0 Å². The van der Waals surface area contributed by atoms with E-state index in [0.29, 0.717) is 0 Å². The number of hydrogen-bond acceptors (Lipinski definition) is 1. The summed E-state index contributed by atoms with van der Waals surface area (Å²) in [5.74, 6) is 0. The van der Waals surface area contributed by atoms with E-state index in [-0.39, 0.29) is 0 Å². The Kier molecular flexibility index (Phi) is 9.17. The van der Waals surface area contributed by atoms with Crippen molar-refractivity contribution < 1.29 is 0 Å². The smallest absolute Gasteiger partial charge is 0.0541 e. The third kappa shape index (κ3) is 6.38. The topological polar surface area (TPSA) is 18.0 Å². The van der Waals surface area contributed by atoms with Gasteiger partial charge in [0.25, 0.3) is 0 Å². The van der Waals surface area contributed by atoms with E-state index in [4.69, 9.17) is 0 Å². The van der Waals surface area contributed by atoms with Crippen LogP contribution in [0.1, 0.15) is 0 Å². The summed E-state index contributed by atoms with van der Waals surface area (Å²) in [7, 11) is 0. The second kappa shape index (κ2) is 16.2. The zero-order chi connectivity index (χ0) is 46.1. The first-order chi connectivity index (χ1) is 34.7. The van der Waals surface area contributed by atoms with Crippen LogP contribution >= 0.6 is 0 Å². The predicted octanol–water partition coefficient (Wildman–Crippen LogP) is 17.8. The normalized spacial score (nSPS) is 11.7. The standard InChI is InChI=1S/C66H44N4/c1-3-15-49(16-4-1)68-63-25-13-9-21-57(63)59-43-47(31-41-65(59)68)45-27-33-51(34-28-45)67(53-37-39-54(40-38-53)70-61-23-11-7-19-55(61)56-20-8-12-24-62(56)70)52-35-29-46(30-36-52)48-32-42-66-60(44-48)58-22-10-14-26-64(58)69(66)50-17-5-2-6-18-50/h1-44H. The number of fused-ring (bicyclic) bond motifs is 9. The largest absolute Gasteiger partial charge is 0.311 e. The number of aromatic nitrogens is 3. The summed E-state index contributed by atoms with van der Waals surface area (Å²) in [6.07, 6.45) is 0. The molecule has 4 heteroatoms. The van der Waals surface area contributed by atoms with Crippen molar-refractivity contribution in [3.63, 3.8) is 0 Å². The van der Waals surface area contributed by atoms with Gasteiger partial charge in [0.05, 0.1) is 33.1 Å². The molecule has 0 fully saturated rings. The molecule has 0 aliphatic heterocycles. The fourth-order valence-corrected chi connectivity index (χ4v) is 11.0. The van der Waals surface area contributed by atoms with Gasteiger partial charge in [0.2, 0.25) is 0 Å². The molecule has 0 unspecified atom stereocenters. The second-order valence-corrected chi connectivity index (χ2v) is 18.2. The lowest BCUT2D eigenvalue weighted by Gasteiger charge is -2.26. The van der Waals surface area contributed by atoms with Gasteiger partial charge < -0.3 is 18.6 Å². The minimum atomic E-state index is 1.08. The van der Waals surface area contributed by atoms with Gasteiger partial charge >= 0.3 is 0 Å². The van der Waals surface area contributed by atoms with E-state index in [1.165, 1.54) is 87.7 Å². The van der Waals surface area contributed by atoms with Crippen molar-refractivity contribution in [2.45, 2.75) is 0 Å². The van der Waals surface area contributed by atoms with Gasteiger partial charge in [-0.05, 0) is 144 Å². The van der Waals surface area contributed by atoms with Gasteiger partial charge in [-0.2, -0.15) is 0 Å². The van der Waals surface area contributed by atoms with E-state index < -0.39 is 0 Å². The summed E-state index contributed by atoms with van der Waals surface area (Å²) in [5, 5.41) is 7.49.